The highest BCUT2D eigenvalue weighted by molar-refractivity contribution is 7.14. The quantitative estimate of drug-likeness (QED) is 0.783. The number of carbonyl (C=O) groups excluding carboxylic acids is 1. The number of thiophene rings is 1. The fourth-order valence-corrected chi connectivity index (χ4v) is 3.11. The summed E-state index contributed by atoms with van der Waals surface area (Å²) in [4.78, 5) is 14.3. The lowest BCUT2D eigenvalue weighted by Crippen LogP contribution is -2.01. The lowest BCUT2D eigenvalue weighted by atomic mass is 10.1. The summed E-state index contributed by atoms with van der Waals surface area (Å²) in [5.74, 6) is 1.11. The van der Waals surface area contributed by atoms with Gasteiger partial charge in [0.2, 0.25) is 5.78 Å². The maximum atomic E-state index is 12.5. The Kier molecular flexibility index (Phi) is 3.68. The summed E-state index contributed by atoms with van der Waals surface area (Å²) in [5, 5.41) is 0.394. The summed E-state index contributed by atoms with van der Waals surface area (Å²) in [7, 11) is 0. The van der Waals surface area contributed by atoms with Crippen LogP contribution < -0.4 is 9.47 Å². The fraction of sp³-hybridized carbons (Fsp3) is 0.267. The van der Waals surface area contributed by atoms with Crippen LogP contribution in [-0.2, 0) is 0 Å². The van der Waals surface area contributed by atoms with Crippen LogP contribution in [0.2, 0.25) is 5.02 Å². The van der Waals surface area contributed by atoms with Crippen molar-refractivity contribution in [2.45, 2.75) is 13.3 Å². The van der Waals surface area contributed by atoms with Crippen molar-refractivity contribution in [2.75, 3.05) is 13.2 Å². The molecule has 0 unspecified atom stereocenters. The van der Waals surface area contributed by atoms with Crippen LogP contribution in [0.5, 0.6) is 11.5 Å². The van der Waals surface area contributed by atoms with Gasteiger partial charge in [0.25, 0.3) is 0 Å². The first-order valence-corrected chi connectivity index (χ1v) is 7.55. The SMILES string of the molecule is Cc1ccc(C(=O)c2cc3c(cc2Cl)OCCCO3)s1. The van der Waals surface area contributed by atoms with E-state index in [4.69, 9.17) is 21.1 Å². The monoisotopic (exact) mass is 308 g/mol. The first-order valence-electron chi connectivity index (χ1n) is 6.35. The van der Waals surface area contributed by atoms with Gasteiger partial charge in [-0.1, -0.05) is 11.6 Å². The highest BCUT2D eigenvalue weighted by atomic mass is 35.5. The number of hydrogen-bond donors (Lipinski definition) is 0. The van der Waals surface area contributed by atoms with Gasteiger partial charge >= 0.3 is 0 Å². The number of ether oxygens (including phenoxy) is 2. The molecule has 0 N–H and O–H groups in total. The smallest absolute Gasteiger partial charge is 0.204 e. The van der Waals surface area contributed by atoms with Crippen molar-refractivity contribution >= 4 is 28.7 Å². The molecule has 0 fully saturated rings. The summed E-state index contributed by atoms with van der Waals surface area (Å²) in [6, 6.07) is 7.09. The van der Waals surface area contributed by atoms with Crippen molar-refractivity contribution in [2.24, 2.45) is 0 Å². The van der Waals surface area contributed by atoms with Crippen LogP contribution in [0.25, 0.3) is 0 Å². The Balaban J connectivity index is 2.01. The molecule has 104 valence electrons. The summed E-state index contributed by atoms with van der Waals surface area (Å²) in [6.45, 7) is 3.15. The van der Waals surface area contributed by atoms with Gasteiger partial charge in [-0.15, -0.1) is 11.3 Å². The minimum Gasteiger partial charge on any atom is -0.490 e. The van der Waals surface area contributed by atoms with E-state index in [-0.39, 0.29) is 5.78 Å². The second-order valence-electron chi connectivity index (χ2n) is 4.57. The molecule has 0 bridgehead atoms. The molecule has 1 aliphatic rings. The van der Waals surface area contributed by atoms with Gasteiger partial charge in [-0.2, -0.15) is 0 Å². The molecular weight excluding hydrogens is 296 g/mol. The van der Waals surface area contributed by atoms with Crippen molar-refractivity contribution in [1.29, 1.82) is 0 Å². The van der Waals surface area contributed by atoms with E-state index in [1.165, 1.54) is 11.3 Å². The molecule has 0 spiro atoms. The minimum atomic E-state index is -0.0799. The zero-order valence-electron chi connectivity index (χ0n) is 10.9. The van der Waals surface area contributed by atoms with Crippen LogP contribution in [0.3, 0.4) is 0 Å². The van der Waals surface area contributed by atoms with Crippen molar-refractivity contribution in [3.05, 3.63) is 44.6 Å². The van der Waals surface area contributed by atoms with Crippen LogP contribution >= 0.6 is 22.9 Å². The van der Waals surface area contributed by atoms with Crippen molar-refractivity contribution in [1.82, 2.24) is 0 Å². The number of benzene rings is 1. The summed E-state index contributed by atoms with van der Waals surface area (Å²) in [5.41, 5.74) is 0.456. The van der Waals surface area contributed by atoms with Gasteiger partial charge < -0.3 is 9.47 Å². The van der Waals surface area contributed by atoms with Crippen LogP contribution in [0.4, 0.5) is 0 Å². The number of fused-ring (bicyclic) bond motifs is 1. The first-order chi connectivity index (χ1) is 9.65. The zero-order valence-corrected chi connectivity index (χ0v) is 12.5. The minimum absolute atomic E-state index is 0.0799. The lowest BCUT2D eigenvalue weighted by Gasteiger charge is -2.10. The third-order valence-electron chi connectivity index (χ3n) is 3.05. The van der Waals surface area contributed by atoms with Crippen molar-refractivity contribution < 1.29 is 14.3 Å². The molecule has 2 aromatic rings. The molecule has 2 heterocycles. The average molecular weight is 309 g/mol. The molecule has 0 saturated heterocycles. The van der Waals surface area contributed by atoms with Gasteiger partial charge in [-0.3, -0.25) is 4.79 Å². The molecule has 1 aromatic carbocycles. The Bertz CT molecular complexity index is 663. The molecule has 0 atom stereocenters. The van der Waals surface area contributed by atoms with Crippen LogP contribution in [0, 0.1) is 6.92 Å². The Labute approximate surface area is 126 Å². The van der Waals surface area contributed by atoms with E-state index in [1.807, 2.05) is 19.1 Å². The third kappa shape index (κ3) is 2.53. The number of ketones is 1. The molecule has 3 rings (SSSR count). The predicted molar refractivity (Wildman–Crippen MR) is 79.5 cm³/mol. The molecular formula is C15H13ClO3S. The van der Waals surface area contributed by atoms with Crippen LogP contribution in [0.1, 0.15) is 26.5 Å². The van der Waals surface area contributed by atoms with E-state index >= 15 is 0 Å². The van der Waals surface area contributed by atoms with Crippen molar-refractivity contribution in [3.8, 4) is 11.5 Å². The lowest BCUT2D eigenvalue weighted by molar-refractivity contribution is 0.104. The Morgan fingerprint density at radius 3 is 2.55 bits per heavy atom. The summed E-state index contributed by atoms with van der Waals surface area (Å²) >= 11 is 7.67. The Morgan fingerprint density at radius 1 is 1.20 bits per heavy atom. The third-order valence-corrected chi connectivity index (χ3v) is 4.36. The fourth-order valence-electron chi connectivity index (χ4n) is 2.05. The zero-order chi connectivity index (χ0) is 14.1. The van der Waals surface area contributed by atoms with Gasteiger partial charge in [0.15, 0.2) is 11.5 Å². The molecule has 0 radical (unpaired) electrons. The second kappa shape index (κ2) is 5.46. The van der Waals surface area contributed by atoms with Gasteiger partial charge in [0, 0.05) is 22.9 Å². The number of hydrogen-bond acceptors (Lipinski definition) is 4. The Morgan fingerprint density at radius 2 is 1.90 bits per heavy atom. The summed E-state index contributed by atoms with van der Waals surface area (Å²) in [6.07, 6.45) is 0.819. The maximum Gasteiger partial charge on any atom is 0.204 e. The molecule has 3 nitrogen and oxygen atoms in total. The molecule has 0 saturated carbocycles. The maximum absolute atomic E-state index is 12.5. The van der Waals surface area contributed by atoms with Crippen LogP contribution in [-0.4, -0.2) is 19.0 Å². The molecule has 0 amide bonds. The van der Waals surface area contributed by atoms with Crippen molar-refractivity contribution in [3.63, 3.8) is 0 Å². The van der Waals surface area contributed by atoms with E-state index in [2.05, 4.69) is 0 Å². The molecule has 0 aliphatic carbocycles. The predicted octanol–water partition coefficient (Wildman–Crippen LogP) is 4.10. The van der Waals surface area contributed by atoms with Gasteiger partial charge in [-0.05, 0) is 25.1 Å². The highest BCUT2D eigenvalue weighted by Crippen LogP contribution is 2.36. The molecule has 1 aromatic heterocycles. The number of rotatable bonds is 2. The highest BCUT2D eigenvalue weighted by Gasteiger charge is 2.20. The topological polar surface area (TPSA) is 35.5 Å². The van der Waals surface area contributed by atoms with Gasteiger partial charge in [-0.25, -0.2) is 0 Å². The van der Waals surface area contributed by atoms with Gasteiger partial charge in [0.1, 0.15) is 0 Å². The second-order valence-corrected chi connectivity index (χ2v) is 6.26. The number of halogens is 1. The molecule has 5 heteroatoms. The standard InChI is InChI=1S/C15H13ClO3S/c1-9-3-4-14(20-9)15(17)10-7-12-13(8-11(10)16)19-6-2-5-18-12/h3-4,7-8H,2,5-6H2,1H3. The number of carbonyl (C=O) groups is 1. The van der Waals surface area contributed by atoms with Crippen LogP contribution in [0.15, 0.2) is 24.3 Å². The van der Waals surface area contributed by atoms with Gasteiger partial charge in [0.05, 0.1) is 23.1 Å². The Hall–Kier alpha value is -1.52. The largest absolute Gasteiger partial charge is 0.490 e. The van der Waals surface area contributed by atoms with E-state index in [9.17, 15) is 4.79 Å². The molecule has 20 heavy (non-hydrogen) atoms. The van der Waals surface area contributed by atoms with E-state index < -0.39 is 0 Å². The molecule has 1 aliphatic heterocycles. The average Bonchev–Trinajstić information content (AvgIpc) is 2.73. The van der Waals surface area contributed by atoms with E-state index in [0.29, 0.717) is 40.2 Å². The number of aryl methyl sites for hydroxylation is 1. The van der Waals surface area contributed by atoms with E-state index in [0.717, 1.165) is 11.3 Å². The van der Waals surface area contributed by atoms with E-state index in [1.54, 1.807) is 12.1 Å². The normalized spacial score (nSPS) is 13.9. The first kappa shape index (κ1) is 13.5. The summed E-state index contributed by atoms with van der Waals surface area (Å²) < 4.78 is 11.2.